The quantitative estimate of drug-likeness (QED) is 0.277. The number of hydrogen-bond acceptors (Lipinski definition) is 7. The Balaban J connectivity index is 1.55. The van der Waals surface area contributed by atoms with E-state index in [9.17, 15) is 18.0 Å². The van der Waals surface area contributed by atoms with E-state index in [1.54, 1.807) is 10.6 Å². The third-order valence-corrected chi connectivity index (χ3v) is 6.19. The molecule has 3 aromatic heterocycles. The van der Waals surface area contributed by atoms with Crippen molar-refractivity contribution in [2.45, 2.75) is 37.5 Å². The van der Waals surface area contributed by atoms with Gasteiger partial charge in [0.1, 0.15) is 4.70 Å². The number of benzene rings is 1. The number of thioether (sulfide) groups is 1. The Morgan fingerprint density at radius 2 is 1.90 bits per heavy atom. The van der Waals surface area contributed by atoms with E-state index in [0.717, 1.165) is 12.1 Å². The zero-order chi connectivity index (χ0) is 22.2. The molecule has 0 atom stereocenters. The number of nitrogens with zero attached hydrogens (tertiary/aromatic N) is 4. The molecule has 0 amide bonds. The summed E-state index contributed by atoms with van der Waals surface area (Å²) in [6, 6.07) is 6.37. The molecule has 0 unspecified atom stereocenters. The summed E-state index contributed by atoms with van der Waals surface area (Å²) in [7, 11) is 0. The topological polar surface area (TPSA) is 73.8 Å². The van der Waals surface area contributed by atoms with Crippen molar-refractivity contribution < 1.29 is 17.7 Å². The van der Waals surface area contributed by atoms with Gasteiger partial charge in [0.05, 0.1) is 16.8 Å². The molecule has 0 aliphatic rings. The highest BCUT2D eigenvalue weighted by molar-refractivity contribution is 7.98. The van der Waals surface area contributed by atoms with Crippen molar-refractivity contribution in [3.63, 3.8) is 0 Å². The summed E-state index contributed by atoms with van der Waals surface area (Å²) < 4.78 is 45.7. The van der Waals surface area contributed by atoms with Crippen LogP contribution in [0.5, 0.6) is 0 Å². The molecular weight excluding hydrogens is 449 g/mol. The van der Waals surface area contributed by atoms with Gasteiger partial charge in [-0.3, -0.25) is 9.36 Å². The lowest BCUT2D eigenvalue weighted by Crippen LogP contribution is -2.24. The van der Waals surface area contributed by atoms with Crippen molar-refractivity contribution in [3.05, 3.63) is 57.5 Å². The van der Waals surface area contributed by atoms with Crippen LogP contribution in [0.15, 0.2) is 50.2 Å². The highest BCUT2D eigenvalue weighted by Gasteiger charge is 2.30. The molecule has 0 radical (unpaired) electrons. The molecule has 4 aromatic rings. The van der Waals surface area contributed by atoms with Crippen molar-refractivity contribution in [1.29, 1.82) is 0 Å². The molecule has 11 heteroatoms. The van der Waals surface area contributed by atoms with E-state index in [2.05, 4.69) is 15.1 Å². The standard InChI is InChI=1S/C20H17F3N4O2S2/c1-11(2)9-27-18(28)16-14(7-8-30-16)24-19(27)31-10-15-25-17(26-29-15)12-3-5-13(6-4-12)20(21,22)23/h3-8,11H,9-10H2,1-2H3. The molecule has 0 aliphatic heterocycles. The first-order valence-corrected chi connectivity index (χ1v) is 11.2. The number of aromatic nitrogens is 4. The fourth-order valence-electron chi connectivity index (χ4n) is 2.93. The highest BCUT2D eigenvalue weighted by atomic mass is 32.2. The lowest BCUT2D eigenvalue weighted by atomic mass is 10.1. The first-order chi connectivity index (χ1) is 14.7. The van der Waals surface area contributed by atoms with Gasteiger partial charge in [0.15, 0.2) is 5.16 Å². The second-order valence-corrected chi connectivity index (χ2v) is 9.07. The van der Waals surface area contributed by atoms with Crippen LogP contribution in [0.1, 0.15) is 25.3 Å². The molecular formula is C20H17F3N4O2S2. The van der Waals surface area contributed by atoms with E-state index in [4.69, 9.17) is 4.52 Å². The summed E-state index contributed by atoms with van der Waals surface area (Å²) in [6.07, 6.45) is -4.40. The Labute approximate surface area is 183 Å². The van der Waals surface area contributed by atoms with Crippen LogP contribution in [0.25, 0.3) is 21.6 Å². The minimum Gasteiger partial charge on any atom is -0.338 e. The average Bonchev–Trinajstić information content (AvgIpc) is 3.37. The fourth-order valence-corrected chi connectivity index (χ4v) is 4.55. The predicted molar refractivity (Wildman–Crippen MR) is 113 cm³/mol. The maximum absolute atomic E-state index is 12.8. The maximum atomic E-state index is 12.8. The maximum Gasteiger partial charge on any atom is 0.416 e. The van der Waals surface area contributed by atoms with Crippen LogP contribution >= 0.6 is 23.1 Å². The Morgan fingerprint density at radius 3 is 2.58 bits per heavy atom. The number of thiophene rings is 1. The van der Waals surface area contributed by atoms with E-state index in [1.165, 1.54) is 35.2 Å². The van der Waals surface area contributed by atoms with Gasteiger partial charge in [-0.25, -0.2) is 4.98 Å². The Bertz CT molecular complexity index is 1260. The van der Waals surface area contributed by atoms with Crippen LogP contribution in [0.4, 0.5) is 13.2 Å². The highest BCUT2D eigenvalue weighted by Crippen LogP contribution is 2.31. The van der Waals surface area contributed by atoms with Crippen LogP contribution in [0, 0.1) is 5.92 Å². The minimum atomic E-state index is -4.40. The summed E-state index contributed by atoms with van der Waals surface area (Å²) in [4.78, 5) is 21.7. The van der Waals surface area contributed by atoms with Gasteiger partial charge in [-0.2, -0.15) is 18.2 Å². The molecule has 4 rings (SSSR count). The summed E-state index contributed by atoms with van der Waals surface area (Å²) in [5, 5.41) is 6.24. The van der Waals surface area contributed by atoms with Gasteiger partial charge in [0.2, 0.25) is 11.7 Å². The fraction of sp³-hybridized carbons (Fsp3) is 0.300. The first kappa shape index (κ1) is 21.6. The Hall–Kier alpha value is -2.66. The Kier molecular flexibility index (Phi) is 5.89. The Morgan fingerprint density at radius 1 is 1.16 bits per heavy atom. The smallest absolute Gasteiger partial charge is 0.338 e. The van der Waals surface area contributed by atoms with Crippen molar-refractivity contribution in [2.75, 3.05) is 0 Å². The van der Waals surface area contributed by atoms with E-state index in [-0.39, 0.29) is 28.9 Å². The van der Waals surface area contributed by atoms with Gasteiger partial charge in [-0.15, -0.1) is 11.3 Å². The van der Waals surface area contributed by atoms with E-state index < -0.39 is 11.7 Å². The molecule has 162 valence electrons. The molecule has 0 fully saturated rings. The summed E-state index contributed by atoms with van der Waals surface area (Å²) >= 11 is 2.67. The van der Waals surface area contributed by atoms with Gasteiger partial charge in [-0.1, -0.05) is 42.9 Å². The molecule has 0 saturated heterocycles. The lowest BCUT2D eigenvalue weighted by molar-refractivity contribution is -0.137. The van der Waals surface area contributed by atoms with E-state index in [1.807, 2.05) is 19.2 Å². The molecule has 1 aromatic carbocycles. The third-order valence-electron chi connectivity index (χ3n) is 4.34. The van der Waals surface area contributed by atoms with Gasteiger partial charge < -0.3 is 4.52 Å². The van der Waals surface area contributed by atoms with Gasteiger partial charge in [-0.05, 0) is 29.5 Å². The SMILES string of the molecule is CC(C)Cn1c(SCc2nc(-c3ccc(C(F)(F)F)cc3)no2)nc2ccsc2c1=O. The average molecular weight is 467 g/mol. The van der Waals surface area contributed by atoms with Crippen molar-refractivity contribution >= 4 is 33.3 Å². The van der Waals surface area contributed by atoms with Crippen LogP contribution in [0.3, 0.4) is 0 Å². The van der Waals surface area contributed by atoms with Gasteiger partial charge in [0, 0.05) is 12.1 Å². The molecule has 0 aliphatic carbocycles. The number of rotatable bonds is 6. The number of alkyl halides is 3. The molecule has 3 heterocycles. The molecule has 0 N–H and O–H groups in total. The summed E-state index contributed by atoms with van der Waals surface area (Å²) in [5.74, 6) is 1.01. The number of fused-ring (bicyclic) bond motifs is 1. The van der Waals surface area contributed by atoms with Crippen molar-refractivity contribution in [1.82, 2.24) is 19.7 Å². The first-order valence-electron chi connectivity index (χ1n) is 9.33. The van der Waals surface area contributed by atoms with Gasteiger partial charge >= 0.3 is 6.18 Å². The van der Waals surface area contributed by atoms with Crippen molar-refractivity contribution in [2.24, 2.45) is 5.92 Å². The predicted octanol–water partition coefficient (Wildman–Crippen LogP) is 5.48. The molecule has 0 spiro atoms. The van der Waals surface area contributed by atoms with E-state index in [0.29, 0.717) is 27.5 Å². The molecule has 0 saturated carbocycles. The monoisotopic (exact) mass is 466 g/mol. The lowest BCUT2D eigenvalue weighted by Gasteiger charge is -2.13. The van der Waals surface area contributed by atoms with E-state index >= 15 is 0 Å². The molecule has 6 nitrogen and oxygen atoms in total. The van der Waals surface area contributed by atoms with Crippen LogP contribution < -0.4 is 5.56 Å². The zero-order valence-corrected chi connectivity index (χ0v) is 18.1. The minimum absolute atomic E-state index is 0.0767. The second kappa shape index (κ2) is 8.46. The van der Waals surface area contributed by atoms with Crippen molar-refractivity contribution in [3.8, 4) is 11.4 Å². The molecule has 0 bridgehead atoms. The van der Waals surface area contributed by atoms with Crippen LogP contribution in [0.2, 0.25) is 0 Å². The zero-order valence-electron chi connectivity index (χ0n) is 16.5. The normalized spacial score (nSPS) is 12.2. The second-order valence-electron chi connectivity index (χ2n) is 7.21. The number of hydrogen-bond donors (Lipinski definition) is 0. The van der Waals surface area contributed by atoms with Crippen LogP contribution in [-0.2, 0) is 18.5 Å². The third kappa shape index (κ3) is 4.67. The largest absolute Gasteiger partial charge is 0.416 e. The summed E-state index contributed by atoms with van der Waals surface area (Å²) in [5.41, 5.74) is 0.247. The van der Waals surface area contributed by atoms with Gasteiger partial charge in [0.25, 0.3) is 5.56 Å². The number of halogens is 3. The summed E-state index contributed by atoms with van der Waals surface area (Å²) in [6.45, 7) is 4.57. The molecule has 31 heavy (non-hydrogen) atoms. The van der Waals surface area contributed by atoms with Crippen LogP contribution in [-0.4, -0.2) is 19.7 Å².